The fourth-order valence-electron chi connectivity index (χ4n) is 4.63. The number of halogens is 1. The molecule has 2 aliphatic heterocycles. The Kier molecular flexibility index (Phi) is 7.10. The van der Waals surface area contributed by atoms with Crippen molar-refractivity contribution >= 4 is 23.5 Å². The van der Waals surface area contributed by atoms with Crippen LogP contribution in [0.1, 0.15) is 36.1 Å². The molecule has 10 nitrogen and oxygen atoms in total. The van der Waals surface area contributed by atoms with Crippen molar-refractivity contribution in [1.82, 2.24) is 30.0 Å². The van der Waals surface area contributed by atoms with Gasteiger partial charge in [-0.3, -0.25) is 14.8 Å². The first kappa shape index (κ1) is 23.5. The van der Waals surface area contributed by atoms with Gasteiger partial charge in [-0.1, -0.05) is 11.6 Å². The van der Waals surface area contributed by atoms with Crippen LogP contribution in [-0.4, -0.2) is 62.8 Å². The van der Waals surface area contributed by atoms with Gasteiger partial charge < -0.3 is 14.4 Å². The van der Waals surface area contributed by atoms with Crippen LogP contribution in [-0.2, 0) is 29.0 Å². The molecule has 0 unspecified atom stereocenters. The molecule has 0 amide bonds. The second kappa shape index (κ2) is 10.6. The number of carbonyl (C=O) groups excluding carboxylic acids is 1. The number of H-pyrrole nitrogens is 1. The molecule has 35 heavy (non-hydrogen) atoms. The van der Waals surface area contributed by atoms with Crippen molar-refractivity contribution in [2.24, 2.45) is 5.92 Å². The average Bonchev–Trinajstić information content (AvgIpc) is 3.33. The van der Waals surface area contributed by atoms with Crippen LogP contribution in [0.5, 0.6) is 11.6 Å². The molecule has 0 saturated carbocycles. The first-order valence-corrected chi connectivity index (χ1v) is 12.1. The van der Waals surface area contributed by atoms with Gasteiger partial charge in [-0.05, 0) is 43.5 Å². The second-order valence-electron chi connectivity index (χ2n) is 9.00. The summed E-state index contributed by atoms with van der Waals surface area (Å²) in [7, 11) is 1.44. The van der Waals surface area contributed by atoms with E-state index in [2.05, 4.69) is 34.9 Å². The molecule has 0 bridgehead atoms. The van der Waals surface area contributed by atoms with Gasteiger partial charge in [-0.25, -0.2) is 15.0 Å². The lowest BCUT2D eigenvalue weighted by Crippen LogP contribution is -2.34. The van der Waals surface area contributed by atoms with E-state index >= 15 is 0 Å². The zero-order chi connectivity index (χ0) is 24.2. The van der Waals surface area contributed by atoms with Crippen molar-refractivity contribution in [1.29, 1.82) is 0 Å². The van der Waals surface area contributed by atoms with Crippen LogP contribution in [0.15, 0.2) is 30.7 Å². The monoisotopic (exact) mass is 497 g/mol. The molecular weight excluding hydrogens is 470 g/mol. The molecule has 5 rings (SSSR count). The van der Waals surface area contributed by atoms with Crippen LogP contribution < -0.4 is 9.64 Å². The van der Waals surface area contributed by atoms with Gasteiger partial charge in [0.25, 0.3) is 0 Å². The highest BCUT2D eigenvalue weighted by Crippen LogP contribution is 2.27. The molecule has 0 atom stereocenters. The Bertz CT molecular complexity index is 1160. The number of likely N-dealkylation sites (tertiary alicyclic amines) is 1. The lowest BCUT2D eigenvalue weighted by Gasteiger charge is -2.31. The zero-order valence-corrected chi connectivity index (χ0v) is 20.4. The van der Waals surface area contributed by atoms with Crippen LogP contribution in [0.2, 0.25) is 5.15 Å². The van der Waals surface area contributed by atoms with Gasteiger partial charge in [-0.2, -0.15) is 5.10 Å². The highest BCUT2D eigenvalue weighted by Gasteiger charge is 2.23. The van der Waals surface area contributed by atoms with Gasteiger partial charge in [0.15, 0.2) is 5.75 Å². The number of piperidine rings is 1. The van der Waals surface area contributed by atoms with E-state index < -0.39 is 0 Å². The molecule has 0 spiro atoms. The summed E-state index contributed by atoms with van der Waals surface area (Å²) in [4.78, 5) is 29.3. The first-order chi connectivity index (χ1) is 17.1. The summed E-state index contributed by atoms with van der Waals surface area (Å²) >= 11 is 6.28. The third-order valence-corrected chi connectivity index (χ3v) is 6.74. The molecule has 2 aliphatic rings. The normalized spacial score (nSPS) is 16.7. The Labute approximate surface area is 208 Å². The van der Waals surface area contributed by atoms with E-state index in [1.165, 1.54) is 18.4 Å². The predicted molar refractivity (Wildman–Crippen MR) is 129 cm³/mol. The van der Waals surface area contributed by atoms with Gasteiger partial charge in [0.05, 0.1) is 25.7 Å². The fraction of sp³-hybridized carbons (Fsp3) is 0.458. The Hall–Kier alpha value is -3.24. The van der Waals surface area contributed by atoms with Gasteiger partial charge in [-0.15, -0.1) is 0 Å². The predicted octanol–water partition coefficient (Wildman–Crippen LogP) is 3.38. The molecule has 0 aliphatic carbocycles. The smallest absolute Gasteiger partial charge is 0.305 e. The van der Waals surface area contributed by atoms with E-state index in [1.807, 2.05) is 18.3 Å². The SMILES string of the molecule is COC(=O)CC1CCN(Cc2cc(Cl)nc(Oc3cnc(N4CCc5[nH]ncc5C4)nc3)c2)CC1. The van der Waals surface area contributed by atoms with Gasteiger partial charge in [0.2, 0.25) is 11.8 Å². The standard InChI is InChI=1S/C24H28ClN7O3/c1-34-23(33)10-16-2-5-31(6-3-16)14-17-8-21(25)29-22(9-17)35-19-12-26-24(27-13-19)32-7-4-20-18(15-32)11-28-30-20/h8-9,11-13,16H,2-7,10,14-15H2,1H3,(H,28,30). The number of hydrogen-bond acceptors (Lipinski definition) is 9. The Morgan fingerprint density at radius 1 is 1.17 bits per heavy atom. The summed E-state index contributed by atoms with van der Waals surface area (Å²) in [5.41, 5.74) is 3.37. The number of nitrogens with one attached hydrogen (secondary N) is 1. The van der Waals surface area contributed by atoms with Crippen molar-refractivity contribution in [3.63, 3.8) is 0 Å². The quantitative estimate of drug-likeness (QED) is 0.388. The summed E-state index contributed by atoms with van der Waals surface area (Å²) < 4.78 is 10.7. The van der Waals surface area contributed by atoms with E-state index in [0.717, 1.165) is 57.5 Å². The number of carbonyl (C=O) groups is 1. The van der Waals surface area contributed by atoms with E-state index in [-0.39, 0.29) is 5.97 Å². The van der Waals surface area contributed by atoms with Crippen LogP contribution in [0.4, 0.5) is 5.95 Å². The van der Waals surface area contributed by atoms with E-state index in [1.54, 1.807) is 12.4 Å². The molecule has 1 fully saturated rings. The number of fused-ring (bicyclic) bond motifs is 1. The van der Waals surface area contributed by atoms with Crippen molar-refractivity contribution in [3.8, 4) is 11.6 Å². The molecule has 1 N–H and O–H groups in total. The van der Waals surface area contributed by atoms with Crippen molar-refractivity contribution in [2.75, 3.05) is 31.6 Å². The number of esters is 1. The third kappa shape index (κ3) is 5.88. The molecule has 3 aromatic heterocycles. The van der Waals surface area contributed by atoms with Crippen molar-refractivity contribution < 1.29 is 14.3 Å². The zero-order valence-electron chi connectivity index (χ0n) is 19.6. The maximum atomic E-state index is 11.5. The van der Waals surface area contributed by atoms with Crippen LogP contribution in [0.3, 0.4) is 0 Å². The van der Waals surface area contributed by atoms with Crippen molar-refractivity contribution in [2.45, 2.75) is 38.8 Å². The number of rotatable bonds is 7. The summed E-state index contributed by atoms with van der Waals surface area (Å²) in [6.07, 6.45) is 8.48. The highest BCUT2D eigenvalue weighted by molar-refractivity contribution is 6.29. The minimum Gasteiger partial charge on any atom is -0.469 e. The maximum Gasteiger partial charge on any atom is 0.305 e. The van der Waals surface area contributed by atoms with E-state index in [4.69, 9.17) is 21.1 Å². The average molecular weight is 498 g/mol. The molecule has 3 aromatic rings. The van der Waals surface area contributed by atoms with Gasteiger partial charge >= 0.3 is 5.97 Å². The molecular formula is C24H28ClN7O3. The number of ether oxygens (including phenoxy) is 2. The van der Waals surface area contributed by atoms with Gasteiger partial charge in [0, 0.05) is 49.8 Å². The Morgan fingerprint density at radius 2 is 1.97 bits per heavy atom. The van der Waals surface area contributed by atoms with E-state index in [0.29, 0.717) is 35.1 Å². The Morgan fingerprint density at radius 3 is 2.74 bits per heavy atom. The fourth-order valence-corrected chi connectivity index (χ4v) is 4.85. The maximum absolute atomic E-state index is 11.5. The van der Waals surface area contributed by atoms with Crippen molar-refractivity contribution in [3.05, 3.63) is 52.7 Å². The highest BCUT2D eigenvalue weighted by atomic mass is 35.5. The molecule has 1 saturated heterocycles. The first-order valence-electron chi connectivity index (χ1n) is 11.8. The number of methoxy groups -OCH3 is 1. The summed E-state index contributed by atoms with van der Waals surface area (Å²) in [6, 6.07) is 3.75. The van der Waals surface area contributed by atoms with Gasteiger partial charge in [0.1, 0.15) is 5.15 Å². The number of hydrogen-bond donors (Lipinski definition) is 1. The summed E-state index contributed by atoms with van der Waals surface area (Å²) in [5.74, 6) is 1.81. The molecule has 5 heterocycles. The molecule has 0 radical (unpaired) electrons. The lowest BCUT2D eigenvalue weighted by atomic mass is 9.93. The number of nitrogens with zero attached hydrogens (tertiary/aromatic N) is 6. The number of aromatic amines is 1. The van der Waals surface area contributed by atoms with Crippen LogP contribution in [0.25, 0.3) is 0 Å². The van der Waals surface area contributed by atoms with E-state index in [9.17, 15) is 4.79 Å². The second-order valence-corrected chi connectivity index (χ2v) is 9.39. The Balaban J connectivity index is 1.18. The molecule has 184 valence electrons. The third-order valence-electron chi connectivity index (χ3n) is 6.55. The molecule has 11 heteroatoms. The number of pyridine rings is 1. The minimum absolute atomic E-state index is 0.133. The lowest BCUT2D eigenvalue weighted by molar-refractivity contribution is -0.142. The summed E-state index contributed by atoms with van der Waals surface area (Å²) in [6.45, 7) is 4.14. The summed E-state index contributed by atoms with van der Waals surface area (Å²) in [5, 5.41) is 7.52. The number of anilines is 1. The molecule has 0 aromatic carbocycles. The number of aromatic nitrogens is 5. The largest absolute Gasteiger partial charge is 0.469 e. The van der Waals surface area contributed by atoms with Crippen LogP contribution in [0, 0.1) is 5.92 Å². The topological polar surface area (TPSA) is 109 Å². The minimum atomic E-state index is -0.133. The van der Waals surface area contributed by atoms with Crippen LogP contribution >= 0.6 is 11.6 Å².